The van der Waals surface area contributed by atoms with E-state index in [1.807, 2.05) is 0 Å². The van der Waals surface area contributed by atoms with Crippen molar-refractivity contribution < 1.29 is 5.11 Å². The van der Waals surface area contributed by atoms with Gasteiger partial charge in [0.15, 0.2) is 0 Å². The molecule has 1 N–H and O–H groups in total. The highest BCUT2D eigenvalue weighted by Crippen LogP contribution is 2.75. The molecule has 0 heterocycles. The Morgan fingerprint density at radius 2 is 1.61 bits per heavy atom. The largest absolute Gasteiger partial charge is 0.393 e. The van der Waals surface area contributed by atoms with Gasteiger partial charge in [-0.15, -0.1) is 0 Å². The van der Waals surface area contributed by atoms with Crippen LogP contribution in [-0.4, -0.2) is 11.2 Å². The predicted molar refractivity (Wildman–Crippen MR) is 131 cm³/mol. The Kier molecular flexibility index (Phi) is 4.68. The molecule has 1 nitrogen and oxygen atoms in total. The van der Waals surface area contributed by atoms with E-state index in [0.29, 0.717) is 28.6 Å². The lowest BCUT2D eigenvalue weighted by Crippen LogP contribution is -2.59. The van der Waals surface area contributed by atoms with Crippen LogP contribution in [0.3, 0.4) is 0 Å². The fourth-order valence-corrected chi connectivity index (χ4v) is 10.7. The summed E-state index contributed by atoms with van der Waals surface area (Å²) in [6.07, 6.45) is 15.3. The average Bonchev–Trinajstić information content (AvgIpc) is 2.94. The van der Waals surface area contributed by atoms with Crippen molar-refractivity contribution in [1.29, 1.82) is 0 Å². The maximum absolute atomic E-state index is 11.5. The number of aliphatic hydroxyl groups is 1. The molecule has 0 spiro atoms. The van der Waals surface area contributed by atoms with Crippen molar-refractivity contribution in [3.8, 4) is 0 Å². The van der Waals surface area contributed by atoms with Gasteiger partial charge < -0.3 is 5.11 Å². The molecule has 31 heavy (non-hydrogen) atoms. The topological polar surface area (TPSA) is 20.2 Å². The van der Waals surface area contributed by atoms with Crippen LogP contribution in [0.5, 0.6) is 0 Å². The maximum atomic E-state index is 11.5. The van der Waals surface area contributed by atoms with E-state index in [1.54, 1.807) is 11.1 Å². The smallest absolute Gasteiger partial charge is 0.0582 e. The monoisotopic (exact) mass is 424 g/mol. The number of hydrogen-bond acceptors (Lipinski definition) is 1. The van der Waals surface area contributed by atoms with Crippen molar-refractivity contribution in [3.05, 3.63) is 23.3 Å². The summed E-state index contributed by atoms with van der Waals surface area (Å²) in [5.74, 6) is 2.50. The van der Waals surface area contributed by atoms with Gasteiger partial charge >= 0.3 is 0 Å². The lowest BCUT2D eigenvalue weighted by atomic mass is 9.38. The Labute approximate surface area is 192 Å². The van der Waals surface area contributed by atoms with Gasteiger partial charge in [-0.2, -0.15) is 0 Å². The van der Waals surface area contributed by atoms with Crippen LogP contribution in [0.4, 0.5) is 0 Å². The molecular weight excluding hydrogens is 376 g/mol. The Morgan fingerprint density at radius 3 is 2.29 bits per heavy atom. The van der Waals surface area contributed by atoms with Crippen LogP contribution in [0.15, 0.2) is 23.3 Å². The van der Waals surface area contributed by atoms with Crippen LogP contribution in [0, 0.1) is 50.7 Å². The van der Waals surface area contributed by atoms with Crippen molar-refractivity contribution in [2.24, 2.45) is 50.7 Å². The summed E-state index contributed by atoms with van der Waals surface area (Å²) in [5.41, 5.74) is 4.82. The van der Waals surface area contributed by atoms with Crippen molar-refractivity contribution >= 4 is 0 Å². The van der Waals surface area contributed by atoms with E-state index in [-0.39, 0.29) is 22.3 Å². The quantitative estimate of drug-likeness (QED) is 0.453. The van der Waals surface area contributed by atoms with E-state index in [4.69, 9.17) is 0 Å². The number of aliphatic hydroxyl groups excluding tert-OH is 1. The van der Waals surface area contributed by atoms with Gasteiger partial charge in [0.05, 0.1) is 6.10 Å². The van der Waals surface area contributed by atoms with E-state index < -0.39 is 0 Å². The van der Waals surface area contributed by atoms with E-state index in [9.17, 15) is 5.11 Å². The van der Waals surface area contributed by atoms with E-state index in [2.05, 4.69) is 67.5 Å². The van der Waals surface area contributed by atoms with Crippen LogP contribution in [0.25, 0.3) is 0 Å². The molecular formula is C30H48O. The van der Waals surface area contributed by atoms with Crippen molar-refractivity contribution in [2.45, 2.75) is 113 Å². The molecule has 8 atom stereocenters. The minimum atomic E-state index is -0.141. The fraction of sp³-hybridized carbons (Fsp3) is 0.867. The van der Waals surface area contributed by atoms with E-state index >= 15 is 0 Å². The molecule has 5 aliphatic carbocycles. The van der Waals surface area contributed by atoms with E-state index in [0.717, 1.165) is 18.8 Å². The molecule has 174 valence electrons. The molecule has 0 aromatic rings. The third kappa shape index (κ3) is 2.59. The predicted octanol–water partition coefficient (Wildman–Crippen LogP) is 7.94. The molecule has 0 bridgehead atoms. The Bertz CT molecular complexity index is 831. The molecule has 0 saturated heterocycles. The third-order valence-electron chi connectivity index (χ3n) is 12.4. The molecule has 0 amide bonds. The summed E-state index contributed by atoms with van der Waals surface area (Å²) >= 11 is 0. The van der Waals surface area contributed by atoms with Gasteiger partial charge in [0.1, 0.15) is 0 Å². The van der Waals surface area contributed by atoms with Crippen molar-refractivity contribution in [3.63, 3.8) is 0 Å². The summed E-state index contributed by atoms with van der Waals surface area (Å²) < 4.78 is 0. The first kappa shape index (κ1) is 22.2. The Morgan fingerprint density at radius 1 is 0.903 bits per heavy atom. The molecule has 0 aromatic heterocycles. The minimum absolute atomic E-state index is 0.141. The zero-order valence-corrected chi connectivity index (χ0v) is 21.6. The summed E-state index contributed by atoms with van der Waals surface area (Å²) in [6.45, 7) is 20.1. The normalized spacial score (nSPS) is 53.1. The van der Waals surface area contributed by atoms with Gasteiger partial charge in [0.2, 0.25) is 0 Å². The molecule has 8 unspecified atom stereocenters. The molecule has 0 aromatic carbocycles. The highest BCUT2D eigenvalue weighted by atomic mass is 16.3. The second-order valence-corrected chi connectivity index (χ2v) is 14.4. The first-order chi connectivity index (χ1) is 14.3. The number of fused-ring (bicyclic) bond motifs is 7. The van der Waals surface area contributed by atoms with Crippen LogP contribution in [-0.2, 0) is 0 Å². The van der Waals surface area contributed by atoms with Gasteiger partial charge in [-0.25, -0.2) is 0 Å². The van der Waals surface area contributed by atoms with Gasteiger partial charge in [-0.1, -0.05) is 74.0 Å². The van der Waals surface area contributed by atoms with Gasteiger partial charge in [0.25, 0.3) is 0 Å². The maximum Gasteiger partial charge on any atom is 0.0582 e. The second kappa shape index (κ2) is 6.52. The fourth-order valence-electron chi connectivity index (χ4n) is 10.7. The second-order valence-electron chi connectivity index (χ2n) is 14.4. The number of allylic oxidation sites excluding steroid dienone is 4. The third-order valence-corrected chi connectivity index (χ3v) is 12.4. The van der Waals surface area contributed by atoms with Crippen molar-refractivity contribution in [1.82, 2.24) is 0 Å². The summed E-state index contributed by atoms with van der Waals surface area (Å²) in [6, 6.07) is 0. The molecule has 5 rings (SSSR count). The molecule has 3 fully saturated rings. The van der Waals surface area contributed by atoms with E-state index in [1.165, 1.54) is 38.5 Å². The molecule has 3 saturated carbocycles. The van der Waals surface area contributed by atoms with Crippen LogP contribution < -0.4 is 0 Å². The average molecular weight is 425 g/mol. The lowest BCUT2D eigenvalue weighted by Gasteiger charge is -2.66. The SMILES string of the molecule is CC(C)C1CC(O)C2C1(C)CCC1(C)C3=CCC4C(C)(C)CCCC4(C)C3=CCC21C. The molecule has 1 heteroatoms. The number of rotatable bonds is 1. The standard InChI is InChI=1S/C30H48O/c1-19(2)22-18-23(31)25-28(22,6)16-17-29(7)21-10-11-24-26(3,4)13-9-14-27(24,5)20(21)12-15-30(25,29)8/h10,12,19,22-25,31H,9,11,13-18H2,1-8H3. The minimum Gasteiger partial charge on any atom is -0.393 e. The molecule has 0 aliphatic heterocycles. The Hall–Kier alpha value is -0.560. The van der Waals surface area contributed by atoms with Crippen LogP contribution >= 0.6 is 0 Å². The molecule has 5 aliphatic rings. The Balaban J connectivity index is 1.61. The lowest BCUT2D eigenvalue weighted by molar-refractivity contribution is -0.129. The zero-order chi connectivity index (χ0) is 22.6. The van der Waals surface area contributed by atoms with Crippen LogP contribution in [0.1, 0.15) is 107 Å². The highest BCUT2D eigenvalue weighted by molar-refractivity contribution is 5.49. The van der Waals surface area contributed by atoms with Gasteiger partial charge in [0, 0.05) is 0 Å². The zero-order valence-electron chi connectivity index (χ0n) is 21.6. The first-order valence-electron chi connectivity index (χ1n) is 13.4. The van der Waals surface area contributed by atoms with Gasteiger partial charge in [-0.3, -0.25) is 0 Å². The summed E-state index contributed by atoms with van der Waals surface area (Å²) in [5, 5.41) is 11.5. The highest BCUT2D eigenvalue weighted by Gasteiger charge is 2.68. The summed E-state index contributed by atoms with van der Waals surface area (Å²) in [7, 11) is 0. The molecule has 0 radical (unpaired) electrons. The first-order valence-corrected chi connectivity index (χ1v) is 13.4. The van der Waals surface area contributed by atoms with Crippen LogP contribution in [0.2, 0.25) is 0 Å². The van der Waals surface area contributed by atoms with Crippen molar-refractivity contribution in [2.75, 3.05) is 0 Å². The van der Waals surface area contributed by atoms with Gasteiger partial charge in [-0.05, 0) is 107 Å². The number of hydrogen-bond donors (Lipinski definition) is 1. The summed E-state index contributed by atoms with van der Waals surface area (Å²) in [4.78, 5) is 0.